The Bertz CT molecular complexity index is 1680. The lowest BCUT2D eigenvalue weighted by atomic mass is 10.1. The largest absolute Gasteiger partial charge is 0.494 e. The molecule has 0 unspecified atom stereocenters. The molecule has 3 heterocycles. The van der Waals surface area contributed by atoms with E-state index in [1.165, 1.54) is 0 Å². The van der Waals surface area contributed by atoms with Crippen molar-refractivity contribution >= 4 is 47.2 Å². The highest BCUT2D eigenvalue weighted by atomic mass is 31.2. The lowest BCUT2D eigenvalue weighted by Crippen LogP contribution is -2.44. The van der Waals surface area contributed by atoms with Crippen LogP contribution >= 0.6 is 7.60 Å². The minimum atomic E-state index is -4.74. The number of benzene rings is 2. The van der Waals surface area contributed by atoms with Crippen LogP contribution in [-0.2, 0) is 33.0 Å². The minimum absolute atomic E-state index is 0.0739. The predicted molar refractivity (Wildman–Crippen MR) is 169 cm³/mol. The molecule has 0 spiro atoms. The summed E-state index contributed by atoms with van der Waals surface area (Å²) >= 11 is 0. The van der Waals surface area contributed by atoms with Gasteiger partial charge in [0.2, 0.25) is 11.8 Å². The summed E-state index contributed by atoms with van der Waals surface area (Å²) in [4.78, 5) is 12.5. The third-order valence-electron chi connectivity index (χ3n) is 7.53. The van der Waals surface area contributed by atoms with Gasteiger partial charge >= 0.3 is 13.8 Å². The number of nitrogens with one attached hydrogen (secondary N) is 2. The van der Waals surface area contributed by atoms with E-state index in [4.69, 9.17) is 9.05 Å². The fraction of sp³-hybridized carbons (Fsp3) is 0.400. The van der Waals surface area contributed by atoms with Gasteiger partial charge in [-0.15, -0.1) is 0 Å². The predicted octanol–water partition coefficient (Wildman–Crippen LogP) is 6.70. The zero-order valence-electron chi connectivity index (χ0n) is 25.6. The Kier molecular flexibility index (Phi) is 9.59. The molecular formula is C30H37F3N7O4P. The van der Waals surface area contributed by atoms with Crippen molar-refractivity contribution < 1.29 is 31.9 Å². The van der Waals surface area contributed by atoms with Gasteiger partial charge in [-0.3, -0.25) is 4.57 Å². The maximum atomic E-state index is 14.1. The number of halogens is 3. The monoisotopic (exact) mass is 647 g/mol. The van der Waals surface area contributed by atoms with Gasteiger partial charge in [0.15, 0.2) is 0 Å². The fourth-order valence-corrected chi connectivity index (χ4v) is 6.98. The van der Waals surface area contributed by atoms with E-state index >= 15 is 0 Å². The van der Waals surface area contributed by atoms with Crippen molar-refractivity contribution in [3.05, 3.63) is 59.9 Å². The molecule has 2 aromatic carbocycles. The van der Waals surface area contributed by atoms with E-state index in [-0.39, 0.29) is 36.9 Å². The number of alkyl halides is 3. The molecule has 0 bridgehead atoms. The molecule has 11 nitrogen and oxygen atoms in total. The lowest BCUT2D eigenvalue weighted by Gasteiger charge is -2.34. The van der Waals surface area contributed by atoms with Crippen LogP contribution in [0.25, 0.3) is 10.8 Å². The molecule has 1 fully saturated rings. The summed E-state index contributed by atoms with van der Waals surface area (Å²) in [5.41, 5.74) is 1.31. The number of anilines is 5. The van der Waals surface area contributed by atoms with Crippen molar-refractivity contribution in [2.45, 2.75) is 26.2 Å². The third kappa shape index (κ3) is 7.36. The molecule has 0 radical (unpaired) electrons. The van der Waals surface area contributed by atoms with Crippen molar-refractivity contribution in [3.8, 4) is 5.88 Å². The van der Waals surface area contributed by atoms with Crippen LogP contribution in [0.2, 0.25) is 0 Å². The number of hydrogen-bond donors (Lipinski definition) is 3. The normalized spacial score (nSPS) is 14.7. The topological polar surface area (TPSA) is 117 Å². The maximum absolute atomic E-state index is 14.1. The number of likely N-dealkylation sites (N-methyl/N-ethyl adjacent to an activating group) is 1. The van der Waals surface area contributed by atoms with Gasteiger partial charge in [-0.25, -0.2) is 4.98 Å². The lowest BCUT2D eigenvalue weighted by molar-refractivity contribution is -0.137. The van der Waals surface area contributed by atoms with E-state index in [9.17, 15) is 22.8 Å². The number of rotatable bonds is 11. The molecule has 0 aliphatic carbocycles. The molecule has 0 saturated carbocycles. The molecule has 1 saturated heterocycles. The van der Waals surface area contributed by atoms with Crippen LogP contribution in [0.1, 0.15) is 25.0 Å². The van der Waals surface area contributed by atoms with Gasteiger partial charge < -0.3 is 39.2 Å². The van der Waals surface area contributed by atoms with Crippen LogP contribution in [0.15, 0.2) is 48.8 Å². The van der Waals surface area contributed by atoms with Crippen LogP contribution in [0.4, 0.5) is 42.0 Å². The fourth-order valence-electron chi connectivity index (χ4n) is 5.28. The Hall–Kier alpha value is -3.84. The number of aryl methyl sites for hydroxylation is 1. The quantitative estimate of drug-likeness (QED) is 0.152. The summed E-state index contributed by atoms with van der Waals surface area (Å²) in [6.45, 7) is 7.27. The van der Waals surface area contributed by atoms with Crippen LogP contribution in [-0.4, -0.2) is 71.0 Å². The number of aromatic hydroxyl groups is 1. The third-order valence-corrected chi connectivity index (χ3v) is 9.59. The van der Waals surface area contributed by atoms with Crippen molar-refractivity contribution in [3.63, 3.8) is 0 Å². The molecule has 15 heteroatoms. The van der Waals surface area contributed by atoms with Crippen molar-refractivity contribution in [1.82, 2.24) is 19.4 Å². The molecule has 0 atom stereocenters. The molecule has 1 aliphatic heterocycles. The summed E-state index contributed by atoms with van der Waals surface area (Å²) < 4.78 is 67.4. The smallest absolute Gasteiger partial charge is 0.421 e. The van der Waals surface area contributed by atoms with Crippen molar-refractivity contribution in [2.24, 2.45) is 7.05 Å². The molecule has 242 valence electrons. The average Bonchev–Trinajstić information content (AvgIpc) is 3.28. The Morgan fingerprint density at radius 1 is 0.978 bits per heavy atom. The van der Waals surface area contributed by atoms with Crippen LogP contribution in [0, 0.1) is 0 Å². The van der Waals surface area contributed by atoms with Crippen molar-refractivity contribution in [2.75, 3.05) is 62.0 Å². The second kappa shape index (κ2) is 13.3. The minimum Gasteiger partial charge on any atom is -0.494 e. The molecular weight excluding hydrogens is 610 g/mol. The highest BCUT2D eigenvalue weighted by Crippen LogP contribution is 2.51. The van der Waals surface area contributed by atoms with Gasteiger partial charge in [0.25, 0.3) is 0 Å². The number of aromatic nitrogens is 3. The number of piperazine rings is 1. The molecule has 2 aromatic heterocycles. The summed E-state index contributed by atoms with van der Waals surface area (Å²) in [7, 11) is 0.431. The Balaban J connectivity index is 1.43. The number of fused-ring (bicyclic) bond motifs is 1. The van der Waals surface area contributed by atoms with Gasteiger partial charge in [-0.1, -0.05) is 12.1 Å². The Morgan fingerprint density at radius 3 is 2.27 bits per heavy atom. The second-order valence-electron chi connectivity index (χ2n) is 10.8. The van der Waals surface area contributed by atoms with E-state index in [2.05, 4.69) is 37.4 Å². The van der Waals surface area contributed by atoms with E-state index in [1.807, 2.05) is 6.07 Å². The zero-order chi connectivity index (χ0) is 32.4. The SMILES string of the molecule is CCOP(=O)(Cc1ccc(Nc2ncc(C(F)(F)F)c(Nc3ccc(N4CCN(C)CC4)c4cn(C)c(O)c34)n2)cc1)OCC. The molecule has 3 N–H and O–H groups in total. The van der Waals surface area contributed by atoms with Crippen LogP contribution in [0.5, 0.6) is 5.88 Å². The molecule has 0 amide bonds. The first kappa shape index (κ1) is 32.6. The highest BCUT2D eigenvalue weighted by Gasteiger charge is 2.36. The first-order valence-corrected chi connectivity index (χ1v) is 16.3. The molecule has 45 heavy (non-hydrogen) atoms. The Morgan fingerprint density at radius 2 is 1.64 bits per heavy atom. The first-order chi connectivity index (χ1) is 21.4. The van der Waals surface area contributed by atoms with Crippen LogP contribution < -0.4 is 15.5 Å². The Labute approximate surface area is 259 Å². The van der Waals surface area contributed by atoms with E-state index < -0.39 is 25.2 Å². The number of hydrogen-bond acceptors (Lipinski definition) is 10. The van der Waals surface area contributed by atoms with Gasteiger partial charge in [0.1, 0.15) is 11.4 Å². The summed E-state index contributed by atoms with van der Waals surface area (Å²) in [5, 5.41) is 17.8. The first-order valence-electron chi connectivity index (χ1n) is 14.6. The van der Waals surface area contributed by atoms with Gasteiger partial charge in [-0.2, -0.15) is 18.2 Å². The number of nitrogens with zero attached hydrogens (tertiary/aromatic N) is 5. The van der Waals surface area contributed by atoms with Gasteiger partial charge in [-0.05, 0) is 50.7 Å². The van der Waals surface area contributed by atoms with E-state index in [1.54, 1.807) is 62.0 Å². The molecule has 1 aliphatic rings. The van der Waals surface area contributed by atoms with Crippen molar-refractivity contribution in [1.29, 1.82) is 0 Å². The zero-order valence-corrected chi connectivity index (χ0v) is 26.5. The summed E-state index contributed by atoms with van der Waals surface area (Å²) in [6, 6.07) is 10.3. The van der Waals surface area contributed by atoms with Gasteiger partial charge in [0.05, 0.1) is 30.4 Å². The maximum Gasteiger partial charge on any atom is 0.421 e. The van der Waals surface area contributed by atoms with E-state index in [0.717, 1.165) is 31.9 Å². The summed E-state index contributed by atoms with van der Waals surface area (Å²) in [6.07, 6.45) is -2.18. The average molecular weight is 648 g/mol. The molecule has 4 aromatic rings. The van der Waals surface area contributed by atoms with Gasteiger partial charge in [0, 0.05) is 62.4 Å². The standard InChI is InChI=1S/C30H37F3N7O4P/c1-5-43-45(42,44-6-2)19-20-7-9-21(10-8-20)35-29-34-17-23(30(31,32)33)27(37-29)36-24-11-12-25(40-15-13-38(3)14-16-40)22-18-39(4)28(41)26(22)24/h7-12,17-18,41H,5-6,13-16,19H2,1-4H3,(H2,34,35,36,37). The second-order valence-corrected chi connectivity index (χ2v) is 12.8. The summed E-state index contributed by atoms with van der Waals surface area (Å²) in [5.74, 6) is -0.624. The molecule has 5 rings (SSSR count). The van der Waals surface area contributed by atoms with E-state index in [0.29, 0.717) is 28.2 Å². The van der Waals surface area contributed by atoms with Crippen LogP contribution in [0.3, 0.4) is 0 Å². The highest BCUT2D eigenvalue weighted by molar-refractivity contribution is 7.53.